The molecular formula is C14H22N4. The number of nitrogens with zero attached hydrogens (tertiary/aromatic N) is 3. The van der Waals surface area contributed by atoms with Crippen molar-refractivity contribution < 1.29 is 0 Å². The molecule has 0 saturated heterocycles. The second kappa shape index (κ2) is 5.87. The lowest BCUT2D eigenvalue weighted by atomic mass is 10.1. The van der Waals surface area contributed by atoms with E-state index in [0.29, 0.717) is 0 Å². The lowest BCUT2D eigenvalue weighted by Gasteiger charge is -2.08. The minimum Gasteiger partial charge on any atom is -0.352 e. The van der Waals surface area contributed by atoms with E-state index in [4.69, 9.17) is 5.73 Å². The van der Waals surface area contributed by atoms with Gasteiger partial charge < -0.3 is 14.9 Å². The summed E-state index contributed by atoms with van der Waals surface area (Å²) >= 11 is 0. The van der Waals surface area contributed by atoms with Crippen LogP contribution in [0.25, 0.3) is 0 Å². The van der Waals surface area contributed by atoms with E-state index in [0.717, 1.165) is 31.8 Å². The largest absolute Gasteiger partial charge is 0.352 e. The van der Waals surface area contributed by atoms with Gasteiger partial charge in [0.1, 0.15) is 5.82 Å². The van der Waals surface area contributed by atoms with Crippen LogP contribution in [0.3, 0.4) is 0 Å². The number of rotatable bonds is 6. The van der Waals surface area contributed by atoms with Crippen molar-refractivity contribution in [2.75, 3.05) is 0 Å². The molecule has 2 rings (SSSR count). The first-order valence-electron chi connectivity index (χ1n) is 6.59. The molecule has 0 amide bonds. The zero-order valence-electron chi connectivity index (χ0n) is 11.2. The second-order valence-corrected chi connectivity index (χ2v) is 4.75. The molecule has 0 fully saturated rings. The van der Waals surface area contributed by atoms with E-state index in [9.17, 15) is 0 Å². The average molecular weight is 246 g/mol. The Morgan fingerprint density at radius 2 is 2.17 bits per heavy atom. The van der Waals surface area contributed by atoms with Crippen LogP contribution in [0.15, 0.2) is 30.9 Å². The molecule has 1 atom stereocenters. The van der Waals surface area contributed by atoms with E-state index in [-0.39, 0.29) is 6.04 Å². The summed E-state index contributed by atoms with van der Waals surface area (Å²) in [5.74, 6) is 1.06. The third-order valence-electron chi connectivity index (χ3n) is 3.32. The van der Waals surface area contributed by atoms with Gasteiger partial charge in [-0.1, -0.05) is 13.3 Å². The van der Waals surface area contributed by atoms with Gasteiger partial charge in [-0.25, -0.2) is 4.98 Å². The Hall–Kier alpha value is -1.55. The van der Waals surface area contributed by atoms with Gasteiger partial charge >= 0.3 is 0 Å². The summed E-state index contributed by atoms with van der Waals surface area (Å²) in [7, 11) is 0. The standard InChI is InChI=1S/C14H22N4/c1-3-4-14(15)13-5-7-17(11-13)9-10-18-8-6-16-12(18)2/h5-8,11,14H,3-4,9-10,15H2,1-2H3. The molecule has 1 unspecified atom stereocenters. The van der Waals surface area contributed by atoms with Crippen LogP contribution in [0.1, 0.15) is 37.2 Å². The van der Waals surface area contributed by atoms with Crippen LogP contribution in [0.2, 0.25) is 0 Å². The van der Waals surface area contributed by atoms with Crippen LogP contribution < -0.4 is 5.73 Å². The maximum Gasteiger partial charge on any atom is 0.105 e. The number of hydrogen-bond acceptors (Lipinski definition) is 2. The molecule has 98 valence electrons. The number of nitrogens with two attached hydrogens (primary N) is 1. The Morgan fingerprint density at radius 1 is 1.33 bits per heavy atom. The molecule has 0 aliphatic carbocycles. The van der Waals surface area contributed by atoms with E-state index in [2.05, 4.69) is 39.5 Å². The normalized spacial score (nSPS) is 12.8. The fourth-order valence-electron chi connectivity index (χ4n) is 2.16. The fourth-order valence-corrected chi connectivity index (χ4v) is 2.16. The SMILES string of the molecule is CCCC(N)c1ccn(CCn2ccnc2C)c1. The molecule has 0 aliphatic heterocycles. The lowest BCUT2D eigenvalue weighted by molar-refractivity contribution is 0.566. The van der Waals surface area contributed by atoms with Crippen LogP contribution in [-0.4, -0.2) is 14.1 Å². The molecule has 0 saturated carbocycles. The molecule has 0 aromatic carbocycles. The summed E-state index contributed by atoms with van der Waals surface area (Å²) in [6.07, 6.45) is 10.3. The van der Waals surface area contributed by atoms with Crippen molar-refractivity contribution in [1.82, 2.24) is 14.1 Å². The highest BCUT2D eigenvalue weighted by molar-refractivity contribution is 5.14. The molecule has 0 aliphatic rings. The van der Waals surface area contributed by atoms with Crippen molar-refractivity contribution in [3.8, 4) is 0 Å². The van der Waals surface area contributed by atoms with Gasteiger partial charge in [-0.3, -0.25) is 0 Å². The third kappa shape index (κ3) is 3.01. The quantitative estimate of drug-likeness (QED) is 0.851. The molecule has 2 N–H and O–H groups in total. The van der Waals surface area contributed by atoms with E-state index in [1.54, 1.807) is 0 Å². The summed E-state index contributed by atoms with van der Waals surface area (Å²) in [5, 5.41) is 0. The van der Waals surface area contributed by atoms with Crippen molar-refractivity contribution in [3.05, 3.63) is 42.2 Å². The molecule has 4 heteroatoms. The maximum atomic E-state index is 6.11. The highest BCUT2D eigenvalue weighted by atomic mass is 15.1. The molecule has 2 heterocycles. The third-order valence-corrected chi connectivity index (χ3v) is 3.32. The highest BCUT2D eigenvalue weighted by Gasteiger charge is 2.06. The fraction of sp³-hybridized carbons (Fsp3) is 0.500. The van der Waals surface area contributed by atoms with Gasteiger partial charge in [-0.2, -0.15) is 0 Å². The molecule has 2 aromatic heterocycles. The number of hydrogen-bond donors (Lipinski definition) is 1. The molecular weight excluding hydrogens is 224 g/mol. The summed E-state index contributed by atoms with van der Waals surface area (Å²) in [6.45, 7) is 6.09. The minimum atomic E-state index is 0.172. The number of aromatic nitrogens is 3. The molecule has 18 heavy (non-hydrogen) atoms. The van der Waals surface area contributed by atoms with Crippen LogP contribution in [0.5, 0.6) is 0 Å². The average Bonchev–Trinajstić information content (AvgIpc) is 2.96. The van der Waals surface area contributed by atoms with Crippen molar-refractivity contribution in [3.63, 3.8) is 0 Å². The Balaban J connectivity index is 1.93. The lowest BCUT2D eigenvalue weighted by Crippen LogP contribution is -2.09. The topological polar surface area (TPSA) is 48.8 Å². The monoisotopic (exact) mass is 246 g/mol. The van der Waals surface area contributed by atoms with Crippen molar-refractivity contribution in [2.24, 2.45) is 5.73 Å². The zero-order valence-corrected chi connectivity index (χ0v) is 11.2. The molecule has 0 bridgehead atoms. The minimum absolute atomic E-state index is 0.172. The Bertz CT molecular complexity index is 483. The molecule has 0 radical (unpaired) electrons. The maximum absolute atomic E-state index is 6.11. The van der Waals surface area contributed by atoms with Gasteiger partial charge in [-0.15, -0.1) is 0 Å². The number of imidazole rings is 1. The Morgan fingerprint density at radius 3 is 2.83 bits per heavy atom. The van der Waals surface area contributed by atoms with Gasteiger partial charge in [0.25, 0.3) is 0 Å². The Labute approximate surface area is 108 Å². The summed E-state index contributed by atoms with van der Waals surface area (Å²) in [6, 6.07) is 2.30. The van der Waals surface area contributed by atoms with E-state index < -0.39 is 0 Å². The first-order chi connectivity index (χ1) is 8.70. The first kappa shape index (κ1) is 12.9. The van der Waals surface area contributed by atoms with E-state index >= 15 is 0 Å². The van der Waals surface area contributed by atoms with Gasteiger partial charge in [0, 0.05) is 43.9 Å². The molecule has 2 aromatic rings. The Kier molecular flexibility index (Phi) is 4.20. The van der Waals surface area contributed by atoms with Crippen LogP contribution in [0, 0.1) is 6.92 Å². The predicted molar refractivity (Wildman–Crippen MR) is 73.2 cm³/mol. The van der Waals surface area contributed by atoms with E-state index in [1.807, 2.05) is 19.3 Å². The highest BCUT2D eigenvalue weighted by Crippen LogP contribution is 2.15. The van der Waals surface area contributed by atoms with Crippen LogP contribution >= 0.6 is 0 Å². The van der Waals surface area contributed by atoms with Crippen molar-refractivity contribution in [1.29, 1.82) is 0 Å². The van der Waals surface area contributed by atoms with Crippen molar-refractivity contribution >= 4 is 0 Å². The van der Waals surface area contributed by atoms with Gasteiger partial charge in [0.05, 0.1) is 0 Å². The predicted octanol–water partition coefficient (Wildman–Crippen LogP) is 2.49. The first-order valence-corrected chi connectivity index (χ1v) is 6.59. The summed E-state index contributed by atoms with van der Waals surface area (Å²) in [4.78, 5) is 4.22. The van der Waals surface area contributed by atoms with Crippen LogP contribution in [-0.2, 0) is 13.1 Å². The van der Waals surface area contributed by atoms with Crippen LogP contribution in [0.4, 0.5) is 0 Å². The summed E-state index contributed by atoms with van der Waals surface area (Å²) in [5.41, 5.74) is 7.34. The van der Waals surface area contributed by atoms with E-state index in [1.165, 1.54) is 5.56 Å². The molecule has 4 nitrogen and oxygen atoms in total. The summed E-state index contributed by atoms with van der Waals surface area (Å²) < 4.78 is 4.36. The van der Waals surface area contributed by atoms with Gasteiger partial charge in [0.2, 0.25) is 0 Å². The molecule has 0 spiro atoms. The van der Waals surface area contributed by atoms with Gasteiger partial charge in [0.15, 0.2) is 0 Å². The smallest absolute Gasteiger partial charge is 0.105 e. The zero-order chi connectivity index (χ0) is 13.0. The second-order valence-electron chi connectivity index (χ2n) is 4.75. The van der Waals surface area contributed by atoms with Gasteiger partial charge in [-0.05, 0) is 25.0 Å². The van der Waals surface area contributed by atoms with Crippen molar-refractivity contribution in [2.45, 2.75) is 45.8 Å². The number of aryl methyl sites for hydroxylation is 3.